The topological polar surface area (TPSA) is 59.0 Å². The third-order valence-corrected chi connectivity index (χ3v) is 2.62. The van der Waals surface area contributed by atoms with Crippen molar-refractivity contribution in [1.82, 2.24) is 20.4 Å². The lowest BCUT2D eigenvalue weighted by Gasteiger charge is -2.15. The Morgan fingerprint density at radius 2 is 2.00 bits per heavy atom. The van der Waals surface area contributed by atoms with Crippen molar-refractivity contribution in [2.75, 3.05) is 0 Å². The summed E-state index contributed by atoms with van der Waals surface area (Å²) in [7, 11) is 0. The largest absolute Gasteiger partial charge is 0.353 e. The van der Waals surface area contributed by atoms with Crippen LogP contribution in [0.1, 0.15) is 46.2 Å². The van der Waals surface area contributed by atoms with E-state index in [-0.39, 0.29) is 18.0 Å². The maximum Gasteiger partial charge on any atom is 0.237 e. The van der Waals surface area contributed by atoms with Gasteiger partial charge in [0.25, 0.3) is 0 Å². The van der Waals surface area contributed by atoms with Crippen LogP contribution in [-0.4, -0.2) is 27.8 Å². The van der Waals surface area contributed by atoms with E-state index in [9.17, 15) is 4.79 Å². The van der Waals surface area contributed by atoms with Crippen molar-refractivity contribution in [2.45, 2.75) is 59.3 Å². The van der Waals surface area contributed by atoms with Crippen LogP contribution in [-0.2, 0) is 11.3 Å². The fourth-order valence-electron chi connectivity index (χ4n) is 1.52. The molecule has 1 heterocycles. The minimum atomic E-state index is -0.199. The van der Waals surface area contributed by atoms with Gasteiger partial charge in [-0.15, -0.1) is 0 Å². The summed E-state index contributed by atoms with van der Waals surface area (Å²) in [5.74, 6) is 0.0289. The third-order valence-electron chi connectivity index (χ3n) is 2.62. The molecule has 0 aliphatic carbocycles. The number of amides is 1. The molecule has 1 aromatic heterocycles. The van der Waals surface area contributed by atoms with Gasteiger partial charge in [0.1, 0.15) is 0 Å². The fourth-order valence-corrected chi connectivity index (χ4v) is 1.52. The predicted molar refractivity (Wildman–Crippen MR) is 72.2 cm³/mol. The van der Waals surface area contributed by atoms with E-state index in [1.165, 1.54) is 0 Å². The number of aromatic nitrogens is 2. The molecule has 2 N–H and O–H groups in total. The van der Waals surface area contributed by atoms with Crippen molar-refractivity contribution < 1.29 is 4.79 Å². The zero-order valence-electron chi connectivity index (χ0n) is 11.9. The second-order valence-electron chi connectivity index (χ2n) is 5.19. The lowest BCUT2D eigenvalue weighted by Crippen LogP contribution is -2.44. The molecule has 0 spiro atoms. The van der Waals surface area contributed by atoms with E-state index in [1.54, 1.807) is 0 Å². The average Bonchev–Trinajstić information content (AvgIpc) is 2.73. The normalized spacial score (nSPS) is 13.1. The Kier molecular flexibility index (Phi) is 5.34. The maximum absolute atomic E-state index is 11.7. The van der Waals surface area contributed by atoms with Gasteiger partial charge in [0, 0.05) is 30.4 Å². The van der Waals surface area contributed by atoms with E-state index in [2.05, 4.69) is 29.6 Å². The van der Waals surface area contributed by atoms with Crippen LogP contribution in [0.3, 0.4) is 0 Å². The second-order valence-corrected chi connectivity index (χ2v) is 5.19. The van der Waals surface area contributed by atoms with Crippen LogP contribution in [0.5, 0.6) is 0 Å². The quantitative estimate of drug-likeness (QED) is 0.806. The minimum absolute atomic E-state index is 0.0289. The van der Waals surface area contributed by atoms with E-state index in [0.29, 0.717) is 12.6 Å². The first kappa shape index (κ1) is 14.7. The number of hydrogen-bond donors (Lipinski definition) is 2. The summed E-state index contributed by atoms with van der Waals surface area (Å²) in [4.78, 5) is 11.7. The van der Waals surface area contributed by atoms with Gasteiger partial charge in [-0.3, -0.25) is 9.48 Å². The molecule has 1 amide bonds. The monoisotopic (exact) mass is 252 g/mol. The summed E-state index contributed by atoms with van der Waals surface area (Å²) in [5.41, 5.74) is 1.09. The first-order valence-corrected chi connectivity index (χ1v) is 6.47. The number of nitrogens with zero attached hydrogens (tertiary/aromatic N) is 2. The molecule has 1 aromatic rings. The van der Waals surface area contributed by atoms with Gasteiger partial charge in [0.05, 0.1) is 12.2 Å². The van der Waals surface area contributed by atoms with Crippen molar-refractivity contribution in [2.24, 2.45) is 0 Å². The Morgan fingerprint density at radius 1 is 1.33 bits per heavy atom. The summed E-state index contributed by atoms with van der Waals surface area (Å²) < 4.78 is 1.91. The molecule has 0 fully saturated rings. The van der Waals surface area contributed by atoms with Gasteiger partial charge in [-0.2, -0.15) is 5.10 Å². The van der Waals surface area contributed by atoms with Gasteiger partial charge >= 0.3 is 0 Å². The molecule has 0 aliphatic rings. The van der Waals surface area contributed by atoms with Crippen LogP contribution in [0, 0.1) is 0 Å². The van der Waals surface area contributed by atoms with Crippen LogP contribution >= 0.6 is 0 Å². The highest BCUT2D eigenvalue weighted by atomic mass is 16.2. The summed E-state index contributed by atoms with van der Waals surface area (Å²) in [6.45, 7) is 10.6. The smallest absolute Gasteiger partial charge is 0.237 e. The van der Waals surface area contributed by atoms with E-state index < -0.39 is 0 Å². The maximum atomic E-state index is 11.7. The highest BCUT2D eigenvalue weighted by Gasteiger charge is 2.13. The molecule has 5 heteroatoms. The zero-order valence-corrected chi connectivity index (χ0v) is 11.9. The molecule has 0 bridgehead atoms. The van der Waals surface area contributed by atoms with Crippen molar-refractivity contribution in [3.63, 3.8) is 0 Å². The van der Waals surface area contributed by atoms with E-state index >= 15 is 0 Å². The number of nitrogens with one attached hydrogen (secondary N) is 2. The second kappa shape index (κ2) is 6.54. The highest BCUT2D eigenvalue weighted by Crippen LogP contribution is 2.05. The Bertz CT molecular complexity index is 384. The Labute approximate surface area is 109 Å². The minimum Gasteiger partial charge on any atom is -0.353 e. The van der Waals surface area contributed by atoms with Crippen molar-refractivity contribution in [3.8, 4) is 0 Å². The fraction of sp³-hybridized carbons (Fsp3) is 0.692. The lowest BCUT2D eigenvalue weighted by molar-refractivity contribution is -0.123. The number of carbonyl (C=O) groups excluding carboxylic acids is 1. The summed E-state index contributed by atoms with van der Waals surface area (Å²) in [5, 5.41) is 10.3. The number of hydrogen-bond acceptors (Lipinski definition) is 3. The number of carbonyl (C=O) groups is 1. The van der Waals surface area contributed by atoms with Gasteiger partial charge in [-0.25, -0.2) is 0 Å². The molecule has 0 aromatic carbocycles. The van der Waals surface area contributed by atoms with E-state index in [4.69, 9.17) is 0 Å². The predicted octanol–water partition coefficient (Wildman–Crippen LogP) is 1.47. The van der Waals surface area contributed by atoms with Crippen molar-refractivity contribution in [1.29, 1.82) is 0 Å². The molecule has 102 valence electrons. The average molecular weight is 252 g/mol. The van der Waals surface area contributed by atoms with Crippen molar-refractivity contribution >= 4 is 5.91 Å². The molecule has 0 radical (unpaired) electrons. The Balaban J connectivity index is 2.42. The van der Waals surface area contributed by atoms with Gasteiger partial charge < -0.3 is 10.6 Å². The Morgan fingerprint density at radius 3 is 2.50 bits per heavy atom. The molecular formula is C13H24N4O. The molecule has 18 heavy (non-hydrogen) atoms. The van der Waals surface area contributed by atoms with Gasteiger partial charge in [0.15, 0.2) is 0 Å². The van der Waals surface area contributed by atoms with Gasteiger partial charge in [-0.1, -0.05) is 0 Å². The zero-order chi connectivity index (χ0) is 13.7. The SMILES string of the molecule is CC(C)NC(=O)C(C)NCc1cnn(C(C)C)c1. The van der Waals surface area contributed by atoms with Crippen LogP contribution in [0.2, 0.25) is 0 Å². The summed E-state index contributed by atoms with van der Waals surface area (Å²) in [6.07, 6.45) is 3.84. The lowest BCUT2D eigenvalue weighted by atomic mass is 10.2. The standard InChI is InChI=1S/C13H24N4O/c1-9(2)16-13(18)11(5)14-6-12-7-15-17(8-12)10(3)4/h7-11,14H,6H2,1-5H3,(H,16,18). The molecule has 1 atom stereocenters. The Hall–Kier alpha value is -1.36. The first-order valence-electron chi connectivity index (χ1n) is 6.47. The molecule has 0 saturated heterocycles. The summed E-state index contributed by atoms with van der Waals surface area (Å²) in [6, 6.07) is 0.334. The molecule has 0 aliphatic heterocycles. The number of rotatable bonds is 6. The van der Waals surface area contributed by atoms with Crippen molar-refractivity contribution in [3.05, 3.63) is 18.0 Å². The van der Waals surface area contributed by atoms with Gasteiger partial charge in [-0.05, 0) is 34.6 Å². The first-order chi connectivity index (χ1) is 8.40. The van der Waals surface area contributed by atoms with E-state index in [0.717, 1.165) is 5.56 Å². The molecule has 0 saturated carbocycles. The third kappa shape index (κ3) is 4.49. The molecule has 1 unspecified atom stereocenters. The van der Waals surface area contributed by atoms with Crippen LogP contribution in [0.25, 0.3) is 0 Å². The summed E-state index contributed by atoms with van der Waals surface area (Å²) >= 11 is 0. The molecule has 5 nitrogen and oxygen atoms in total. The van der Waals surface area contributed by atoms with Crippen LogP contribution < -0.4 is 10.6 Å². The van der Waals surface area contributed by atoms with Gasteiger partial charge in [0.2, 0.25) is 5.91 Å². The molecule has 1 rings (SSSR count). The van der Waals surface area contributed by atoms with Crippen LogP contribution in [0.15, 0.2) is 12.4 Å². The molecular weight excluding hydrogens is 228 g/mol. The van der Waals surface area contributed by atoms with Crippen LogP contribution in [0.4, 0.5) is 0 Å². The van der Waals surface area contributed by atoms with E-state index in [1.807, 2.05) is 37.8 Å². The highest BCUT2D eigenvalue weighted by molar-refractivity contribution is 5.81.